The molecular weight excluding hydrogens is 790 g/mol. The number of nitrogens with zero attached hydrogens (tertiary/aromatic N) is 12. The van der Waals surface area contributed by atoms with Crippen LogP contribution >= 0.6 is 0 Å². The lowest BCUT2D eigenvalue weighted by Gasteiger charge is -2.37. The lowest BCUT2D eigenvalue weighted by molar-refractivity contribution is -0.142. The fraction of sp³-hybridized carbons (Fsp3) is 0.405. The van der Waals surface area contributed by atoms with Gasteiger partial charge in [0.05, 0.1) is 47.5 Å². The van der Waals surface area contributed by atoms with Gasteiger partial charge < -0.3 is 10.2 Å². The molecule has 16 nitrogen and oxygen atoms in total. The van der Waals surface area contributed by atoms with Crippen molar-refractivity contribution in [2.45, 2.75) is 69.6 Å². The first-order valence-electron chi connectivity index (χ1n) is 20.5. The Morgan fingerprint density at radius 3 is 2.46 bits per heavy atom. The molecule has 0 radical (unpaired) electrons. The number of halogens is 3. The topological polar surface area (TPSA) is 181 Å². The van der Waals surface area contributed by atoms with Crippen LogP contribution in [0.5, 0.6) is 0 Å². The molecule has 0 bridgehead atoms. The molecule has 7 heterocycles. The maximum absolute atomic E-state index is 13.1. The van der Waals surface area contributed by atoms with Gasteiger partial charge in [-0.25, -0.2) is 14.6 Å². The zero-order valence-corrected chi connectivity index (χ0v) is 33.2. The molecule has 6 aromatic rings. The summed E-state index contributed by atoms with van der Waals surface area (Å²) in [6, 6.07) is 13.9. The van der Waals surface area contributed by atoms with Crippen LogP contribution in [0.15, 0.2) is 73.6 Å². The van der Waals surface area contributed by atoms with E-state index < -0.39 is 12.7 Å². The average Bonchev–Trinajstić information content (AvgIpc) is 4.03. The smallest absolute Gasteiger partial charge is 0.369 e. The zero-order chi connectivity index (χ0) is 42.1. The third-order valence-electron chi connectivity index (χ3n) is 12.0. The molecule has 1 saturated carbocycles. The van der Waals surface area contributed by atoms with Gasteiger partial charge >= 0.3 is 6.18 Å². The van der Waals surface area contributed by atoms with Gasteiger partial charge in [-0.2, -0.15) is 33.3 Å². The predicted octanol–water partition coefficient (Wildman–Crippen LogP) is 5.91. The summed E-state index contributed by atoms with van der Waals surface area (Å²) >= 11 is 0. The molecule has 2 saturated heterocycles. The van der Waals surface area contributed by atoms with Crippen LogP contribution in [0.1, 0.15) is 68.0 Å². The van der Waals surface area contributed by atoms with Crippen molar-refractivity contribution in [3.63, 3.8) is 0 Å². The van der Waals surface area contributed by atoms with Gasteiger partial charge in [-0.3, -0.25) is 24.5 Å². The summed E-state index contributed by atoms with van der Waals surface area (Å²) in [7, 11) is 0. The van der Waals surface area contributed by atoms with E-state index in [1.807, 2.05) is 23.0 Å². The second kappa shape index (κ2) is 16.8. The van der Waals surface area contributed by atoms with Crippen LogP contribution in [0.2, 0.25) is 0 Å². The summed E-state index contributed by atoms with van der Waals surface area (Å²) in [5, 5.41) is 33.0. The monoisotopic (exact) mass is 832 g/mol. The molecule has 2 amide bonds. The van der Waals surface area contributed by atoms with Crippen LogP contribution in [-0.2, 0) is 16.1 Å². The van der Waals surface area contributed by atoms with Crippen LogP contribution in [0, 0.1) is 17.2 Å². The minimum atomic E-state index is -4.43. The van der Waals surface area contributed by atoms with E-state index in [-0.39, 0.29) is 23.8 Å². The number of imide groups is 1. The highest BCUT2D eigenvalue weighted by Gasteiger charge is 2.30. The van der Waals surface area contributed by atoms with E-state index >= 15 is 0 Å². The number of nitriles is 1. The molecule has 3 aliphatic rings. The van der Waals surface area contributed by atoms with Gasteiger partial charge in [0.25, 0.3) is 0 Å². The Balaban J connectivity index is 0.811. The Bertz CT molecular complexity index is 2580. The minimum Gasteiger partial charge on any atom is -0.369 e. The Hall–Kier alpha value is -6.68. The summed E-state index contributed by atoms with van der Waals surface area (Å²) in [5.74, 6) is 0.338. The summed E-state index contributed by atoms with van der Waals surface area (Å²) in [6.45, 7) is 3.71. The van der Waals surface area contributed by atoms with Gasteiger partial charge in [-0.05, 0) is 74.8 Å². The highest BCUT2D eigenvalue weighted by atomic mass is 19.4. The third kappa shape index (κ3) is 8.94. The minimum absolute atomic E-state index is 0.187. The number of benzene rings is 1. The molecule has 1 unspecified atom stereocenters. The fourth-order valence-electron chi connectivity index (χ4n) is 8.67. The van der Waals surface area contributed by atoms with Crippen molar-refractivity contribution in [2.24, 2.45) is 5.92 Å². The van der Waals surface area contributed by atoms with E-state index in [0.717, 1.165) is 80.8 Å². The number of anilines is 3. The maximum atomic E-state index is 13.1. The molecule has 19 heteroatoms. The van der Waals surface area contributed by atoms with Crippen molar-refractivity contribution in [2.75, 3.05) is 42.9 Å². The molecule has 61 heavy (non-hydrogen) atoms. The van der Waals surface area contributed by atoms with Gasteiger partial charge in [-0.15, -0.1) is 5.10 Å². The van der Waals surface area contributed by atoms with Crippen molar-refractivity contribution in [3.8, 4) is 23.1 Å². The second-order valence-electron chi connectivity index (χ2n) is 16.0. The summed E-state index contributed by atoms with van der Waals surface area (Å²) in [4.78, 5) is 37.8. The van der Waals surface area contributed by atoms with Gasteiger partial charge in [-0.1, -0.05) is 17.3 Å². The Morgan fingerprint density at radius 2 is 1.70 bits per heavy atom. The number of amides is 2. The predicted molar refractivity (Wildman–Crippen MR) is 218 cm³/mol. The van der Waals surface area contributed by atoms with Gasteiger partial charge in [0.15, 0.2) is 11.5 Å². The van der Waals surface area contributed by atoms with Crippen molar-refractivity contribution in [3.05, 3.63) is 84.7 Å². The normalized spacial score (nSPS) is 20.2. The van der Waals surface area contributed by atoms with E-state index in [1.165, 1.54) is 23.3 Å². The lowest BCUT2D eigenvalue weighted by Crippen LogP contribution is -2.47. The number of piperazine rings is 1. The van der Waals surface area contributed by atoms with Crippen LogP contribution in [0.25, 0.3) is 28.1 Å². The number of carbonyl (C=O) groups excluding carboxylic acids is 2. The second-order valence-corrected chi connectivity index (χ2v) is 16.0. The first-order chi connectivity index (χ1) is 29.5. The standard InChI is InChI=1S/C42H43F3N14O2/c43-42(44,45)26-57-24-31(22-49-57)51-36-18-38(59-40-30(21-50-59)17-28(19-46)20-48-40)47-23-35(36)37-25-58(54-53-37)33-5-1-27(2-6-33)11-12-55-13-15-56(16-14-55)32-7-3-29(4-8-32)34-9-10-39(60)52-41(34)61/h3-4,7-8,17-18,20-25,27,33-34H,1-2,5-6,9-16,26H2,(H,47,51)(H,52,60,61). The fourth-order valence-corrected chi connectivity index (χ4v) is 8.67. The molecule has 1 atom stereocenters. The Kier molecular flexibility index (Phi) is 10.9. The molecule has 5 aromatic heterocycles. The van der Waals surface area contributed by atoms with Gasteiger partial charge in [0.2, 0.25) is 11.8 Å². The number of nitrogens with one attached hydrogen (secondary N) is 2. The number of hydrogen-bond acceptors (Lipinski definition) is 12. The summed E-state index contributed by atoms with van der Waals surface area (Å²) < 4.78 is 43.6. The van der Waals surface area contributed by atoms with Crippen molar-refractivity contribution in [1.29, 1.82) is 5.26 Å². The third-order valence-corrected chi connectivity index (χ3v) is 12.0. The van der Waals surface area contributed by atoms with Crippen molar-refractivity contribution >= 4 is 39.9 Å². The summed E-state index contributed by atoms with van der Waals surface area (Å²) in [5.41, 5.74) is 4.98. The molecule has 9 rings (SSSR count). The molecule has 2 aliphatic heterocycles. The van der Waals surface area contributed by atoms with Crippen molar-refractivity contribution in [1.82, 2.24) is 54.7 Å². The molecule has 1 aliphatic carbocycles. The molecule has 0 spiro atoms. The van der Waals surface area contributed by atoms with E-state index in [9.17, 15) is 28.0 Å². The highest BCUT2D eigenvalue weighted by Crippen LogP contribution is 2.36. The van der Waals surface area contributed by atoms with Crippen LogP contribution in [-0.4, -0.2) is 100 Å². The van der Waals surface area contributed by atoms with Crippen LogP contribution in [0.3, 0.4) is 0 Å². The lowest BCUT2D eigenvalue weighted by atomic mass is 9.84. The molecular formula is C42H43F3N14O2. The first kappa shape index (κ1) is 39.8. The van der Waals surface area contributed by atoms with E-state index in [4.69, 9.17) is 0 Å². The van der Waals surface area contributed by atoms with E-state index in [2.05, 4.69) is 69.1 Å². The average molecular weight is 833 g/mol. The number of piperidine rings is 1. The Labute approximate surface area is 348 Å². The number of hydrogen-bond donors (Lipinski definition) is 2. The number of carbonyl (C=O) groups is 2. The number of aromatic nitrogens is 9. The van der Waals surface area contributed by atoms with Gasteiger partial charge in [0.1, 0.15) is 18.3 Å². The number of rotatable bonds is 11. The maximum Gasteiger partial charge on any atom is 0.408 e. The molecule has 314 valence electrons. The molecule has 1 aromatic carbocycles. The van der Waals surface area contributed by atoms with E-state index in [1.54, 1.807) is 24.5 Å². The molecule has 2 N–H and O–H groups in total. The summed E-state index contributed by atoms with van der Waals surface area (Å²) in [6.07, 6.45) is 10.9. The largest absolute Gasteiger partial charge is 0.408 e. The number of fused-ring (bicyclic) bond motifs is 1. The van der Waals surface area contributed by atoms with Crippen LogP contribution in [0.4, 0.5) is 30.2 Å². The Morgan fingerprint density at radius 1 is 0.902 bits per heavy atom. The number of pyridine rings is 2. The zero-order valence-electron chi connectivity index (χ0n) is 33.2. The highest BCUT2D eigenvalue weighted by molar-refractivity contribution is 6.01. The first-order valence-corrected chi connectivity index (χ1v) is 20.5. The van der Waals surface area contributed by atoms with Gasteiger partial charge in [0, 0.05) is 73.9 Å². The van der Waals surface area contributed by atoms with Crippen molar-refractivity contribution < 1.29 is 22.8 Å². The number of alkyl halides is 3. The van der Waals surface area contributed by atoms with Crippen LogP contribution < -0.4 is 15.5 Å². The quantitative estimate of drug-likeness (QED) is 0.148. The molecule has 3 fully saturated rings. The SMILES string of the molecule is N#Cc1cnc2c(cnn2-c2cc(Nc3cnn(CC(F)(F)F)c3)c(-c3cn(C4CCC(CCN5CCN(c6ccc(C7CCC(=O)NC7=O)cc6)CC5)CC4)nn3)cn2)c1. The van der Waals surface area contributed by atoms with E-state index in [0.29, 0.717) is 63.8 Å².